The molecule has 1 unspecified atom stereocenters. The van der Waals surface area contributed by atoms with Gasteiger partial charge in [0.1, 0.15) is 5.75 Å². The molecule has 104 valence electrons. The molecule has 20 heavy (non-hydrogen) atoms. The van der Waals surface area contributed by atoms with E-state index in [-0.39, 0.29) is 5.91 Å². The Hall–Kier alpha value is -2.54. The van der Waals surface area contributed by atoms with Crippen LogP contribution in [0.5, 0.6) is 5.75 Å². The van der Waals surface area contributed by atoms with E-state index < -0.39 is 6.10 Å². The van der Waals surface area contributed by atoms with Crippen LogP contribution < -0.4 is 4.74 Å². The van der Waals surface area contributed by atoms with Crippen LogP contribution >= 0.6 is 0 Å². The van der Waals surface area contributed by atoms with Crippen LogP contribution in [0.25, 0.3) is 0 Å². The van der Waals surface area contributed by atoms with Crippen molar-refractivity contribution in [1.29, 1.82) is 5.26 Å². The second kappa shape index (κ2) is 7.80. The predicted octanol–water partition coefficient (Wildman–Crippen LogP) is 2.53. The van der Waals surface area contributed by atoms with Crippen molar-refractivity contribution in [2.24, 2.45) is 0 Å². The molecular formula is C16H18N2O2. The second-order valence-corrected chi connectivity index (χ2v) is 4.22. The lowest BCUT2D eigenvalue weighted by molar-refractivity contribution is -0.136. The van der Waals surface area contributed by atoms with Gasteiger partial charge in [-0.05, 0) is 31.2 Å². The lowest BCUT2D eigenvalue weighted by Gasteiger charge is -2.23. The predicted molar refractivity (Wildman–Crippen MR) is 78.2 cm³/mol. The fourth-order valence-corrected chi connectivity index (χ4v) is 1.69. The molecule has 1 aromatic carbocycles. The average molecular weight is 270 g/mol. The zero-order chi connectivity index (χ0) is 15.0. The van der Waals surface area contributed by atoms with Gasteiger partial charge in [-0.1, -0.05) is 12.2 Å². The Kier molecular flexibility index (Phi) is 6.05. The molecule has 0 radical (unpaired) electrons. The van der Waals surface area contributed by atoms with Gasteiger partial charge in [-0.3, -0.25) is 4.79 Å². The van der Waals surface area contributed by atoms with Gasteiger partial charge >= 0.3 is 0 Å². The molecule has 0 aliphatic carbocycles. The van der Waals surface area contributed by atoms with Gasteiger partial charge < -0.3 is 9.64 Å². The van der Waals surface area contributed by atoms with Crippen molar-refractivity contribution in [1.82, 2.24) is 4.90 Å². The molecule has 0 heterocycles. The minimum absolute atomic E-state index is 0.130. The zero-order valence-corrected chi connectivity index (χ0v) is 11.6. The van der Waals surface area contributed by atoms with Gasteiger partial charge in [0, 0.05) is 13.1 Å². The topological polar surface area (TPSA) is 53.3 Å². The summed E-state index contributed by atoms with van der Waals surface area (Å²) < 4.78 is 5.58. The minimum atomic E-state index is -0.608. The Balaban J connectivity index is 2.70. The maximum absolute atomic E-state index is 12.2. The van der Waals surface area contributed by atoms with E-state index in [9.17, 15) is 4.79 Å². The van der Waals surface area contributed by atoms with Crippen molar-refractivity contribution in [2.75, 3.05) is 13.1 Å². The molecule has 0 N–H and O–H groups in total. The highest BCUT2D eigenvalue weighted by molar-refractivity contribution is 5.81. The third-order valence-electron chi connectivity index (χ3n) is 2.65. The number of nitriles is 1. The normalized spacial score (nSPS) is 11.0. The lowest BCUT2D eigenvalue weighted by atomic mass is 10.2. The summed E-state index contributed by atoms with van der Waals surface area (Å²) >= 11 is 0. The maximum Gasteiger partial charge on any atom is 0.263 e. The highest BCUT2D eigenvalue weighted by Crippen LogP contribution is 2.14. The Bertz CT molecular complexity index is 504. The quantitative estimate of drug-likeness (QED) is 0.715. The van der Waals surface area contributed by atoms with E-state index in [0.29, 0.717) is 24.4 Å². The number of carbonyl (C=O) groups is 1. The number of rotatable bonds is 7. The highest BCUT2D eigenvalue weighted by atomic mass is 16.5. The summed E-state index contributed by atoms with van der Waals surface area (Å²) in [7, 11) is 0. The van der Waals surface area contributed by atoms with E-state index in [2.05, 4.69) is 13.2 Å². The standard InChI is InChI=1S/C16H18N2O2/c1-4-10-18(11-5-2)16(19)13(3)20-15-8-6-14(12-17)7-9-15/h4-9,13H,1-2,10-11H2,3H3. The molecule has 4 heteroatoms. The van der Waals surface area contributed by atoms with Crippen LogP contribution in [0.1, 0.15) is 12.5 Å². The number of carbonyl (C=O) groups excluding carboxylic acids is 1. The van der Waals surface area contributed by atoms with E-state index in [1.165, 1.54) is 0 Å². The highest BCUT2D eigenvalue weighted by Gasteiger charge is 2.20. The van der Waals surface area contributed by atoms with Crippen LogP contribution in [-0.2, 0) is 4.79 Å². The number of benzene rings is 1. The lowest BCUT2D eigenvalue weighted by Crippen LogP contribution is -2.40. The Morgan fingerprint density at radius 2 is 1.90 bits per heavy atom. The summed E-state index contributed by atoms with van der Waals surface area (Å²) in [6.45, 7) is 9.85. The van der Waals surface area contributed by atoms with Crippen molar-refractivity contribution in [3.63, 3.8) is 0 Å². The van der Waals surface area contributed by atoms with E-state index in [1.807, 2.05) is 6.07 Å². The Labute approximate surface area is 119 Å². The Morgan fingerprint density at radius 1 is 1.35 bits per heavy atom. The molecule has 1 atom stereocenters. The van der Waals surface area contributed by atoms with E-state index in [4.69, 9.17) is 10.00 Å². The fraction of sp³-hybridized carbons (Fsp3) is 0.250. The smallest absolute Gasteiger partial charge is 0.263 e. The van der Waals surface area contributed by atoms with Crippen molar-refractivity contribution in [3.8, 4) is 11.8 Å². The molecule has 4 nitrogen and oxygen atoms in total. The van der Waals surface area contributed by atoms with Crippen LogP contribution in [0, 0.1) is 11.3 Å². The van der Waals surface area contributed by atoms with Crippen molar-refractivity contribution >= 4 is 5.91 Å². The number of amides is 1. The maximum atomic E-state index is 12.2. The molecule has 0 bridgehead atoms. The van der Waals surface area contributed by atoms with Gasteiger partial charge in [0.05, 0.1) is 11.6 Å². The molecule has 0 aliphatic rings. The van der Waals surface area contributed by atoms with Gasteiger partial charge in [-0.25, -0.2) is 0 Å². The summed E-state index contributed by atoms with van der Waals surface area (Å²) in [5.74, 6) is 0.427. The summed E-state index contributed by atoms with van der Waals surface area (Å²) in [5, 5.41) is 8.72. The third-order valence-corrected chi connectivity index (χ3v) is 2.65. The van der Waals surface area contributed by atoms with Crippen molar-refractivity contribution < 1.29 is 9.53 Å². The zero-order valence-electron chi connectivity index (χ0n) is 11.6. The van der Waals surface area contributed by atoms with E-state index in [0.717, 1.165) is 0 Å². The number of hydrogen-bond donors (Lipinski definition) is 0. The van der Waals surface area contributed by atoms with Crippen LogP contribution in [0.3, 0.4) is 0 Å². The third kappa shape index (κ3) is 4.29. The van der Waals surface area contributed by atoms with Crippen LogP contribution in [0.2, 0.25) is 0 Å². The van der Waals surface area contributed by atoms with Gasteiger partial charge in [0.2, 0.25) is 0 Å². The number of ether oxygens (including phenoxy) is 1. The van der Waals surface area contributed by atoms with Gasteiger partial charge in [-0.15, -0.1) is 13.2 Å². The molecule has 0 aliphatic heterocycles. The molecule has 0 saturated heterocycles. The first-order chi connectivity index (χ1) is 9.62. The van der Waals surface area contributed by atoms with Crippen LogP contribution in [0.4, 0.5) is 0 Å². The molecule has 1 rings (SSSR count). The minimum Gasteiger partial charge on any atom is -0.481 e. The SMILES string of the molecule is C=CCN(CC=C)C(=O)C(C)Oc1ccc(C#N)cc1. The number of nitrogens with zero attached hydrogens (tertiary/aromatic N) is 2. The summed E-state index contributed by atoms with van der Waals surface area (Å²) in [6.07, 6.45) is 2.72. The largest absolute Gasteiger partial charge is 0.481 e. The summed E-state index contributed by atoms with van der Waals surface area (Å²) in [5.41, 5.74) is 0.552. The van der Waals surface area contributed by atoms with Gasteiger partial charge in [0.15, 0.2) is 6.10 Å². The van der Waals surface area contributed by atoms with Crippen LogP contribution in [-0.4, -0.2) is 30.0 Å². The monoisotopic (exact) mass is 270 g/mol. The molecule has 0 aromatic heterocycles. The molecule has 1 aromatic rings. The molecule has 0 saturated carbocycles. The van der Waals surface area contributed by atoms with Gasteiger partial charge in [-0.2, -0.15) is 5.26 Å². The van der Waals surface area contributed by atoms with E-state index in [1.54, 1.807) is 48.2 Å². The first kappa shape index (κ1) is 15.5. The summed E-state index contributed by atoms with van der Waals surface area (Å²) in [6, 6.07) is 8.68. The summed E-state index contributed by atoms with van der Waals surface area (Å²) in [4.78, 5) is 13.8. The van der Waals surface area contributed by atoms with Crippen molar-refractivity contribution in [3.05, 3.63) is 55.1 Å². The second-order valence-electron chi connectivity index (χ2n) is 4.22. The molecular weight excluding hydrogens is 252 g/mol. The first-order valence-electron chi connectivity index (χ1n) is 6.29. The average Bonchev–Trinajstić information content (AvgIpc) is 2.47. The first-order valence-corrected chi connectivity index (χ1v) is 6.29. The Morgan fingerprint density at radius 3 is 2.35 bits per heavy atom. The molecule has 0 fully saturated rings. The van der Waals surface area contributed by atoms with E-state index >= 15 is 0 Å². The fourth-order valence-electron chi connectivity index (χ4n) is 1.69. The van der Waals surface area contributed by atoms with Crippen LogP contribution in [0.15, 0.2) is 49.6 Å². The van der Waals surface area contributed by atoms with Gasteiger partial charge in [0.25, 0.3) is 5.91 Å². The molecule has 1 amide bonds. The van der Waals surface area contributed by atoms with Crippen molar-refractivity contribution in [2.45, 2.75) is 13.0 Å². The number of hydrogen-bond acceptors (Lipinski definition) is 3. The molecule has 0 spiro atoms.